The number of carbonyl (C=O) groups is 1. The van der Waals surface area contributed by atoms with Crippen LogP contribution in [0.4, 0.5) is 0 Å². The summed E-state index contributed by atoms with van der Waals surface area (Å²) in [7, 11) is 0. The lowest BCUT2D eigenvalue weighted by Gasteiger charge is -2.09. The van der Waals surface area contributed by atoms with Gasteiger partial charge in [0, 0.05) is 6.07 Å². The number of nitrogens with two attached hydrogens (primary N) is 1. The molecule has 1 saturated heterocycles. The summed E-state index contributed by atoms with van der Waals surface area (Å²) >= 11 is 6.05. The molecule has 18 heavy (non-hydrogen) atoms. The fraction of sp³-hybridized carbons (Fsp3) is 0.455. The van der Waals surface area contributed by atoms with Crippen LogP contribution in [0.25, 0.3) is 0 Å². The first-order valence-corrected chi connectivity index (χ1v) is 5.87. The molecule has 1 unspecified atom stereocenters. The second-order valence-electron chi connectivity index (χ2n) is 4.09. The average Bonchev–Trinajstić information content (AvgIpc) is 2.66. The minimum Gasteiger partial charge on any atom is -0.394 e. The van der Waals surface area contributed by atoms with E-state index in [1.807, 2.05) is 0 Å². The summed E-state index contributed by atoms with van der Waals surface area (Å²) in [5, 5.41) is 18.1. The predicted octanol–water partition coefficient (Wildman–Crippen LogP) is -1.07. The number of hydrogen-bond donors (Lipinski definition) is 3. The van der Waals surface area contributed by atoms with Crippen LogP contribution in [0.15, 0.2) is 24.5 Å². The molecule has 1 amide bonds. The fourth-order valence-corrected chi connectivity index (χ4v) is 2.24. The predicted molar refractivity (Wildman–Crippen MR) is 61.8 cm³/mol. The molecule has 2 rings (SSSR count). The Hall–Kier alpha value is -1.21. The highest BCUT2D eigenvalue weighted by molar-refractivity contribution is 6.21. The van der Waals surface area contributed by atoms with Gasteiger partial charge in [-0.2, -0.15) is 4.57 Å². The van der Waals surface area contributed by atoms with Gasteiger partial charge in [0.05, 0.1) is 6.61 Å². The zero-order valence-electron chi connectivity index (χ0n) is 9.44. The highest BCUT2D eigenvalue weighted by atomic mass is 35.5. The summed E-state index contributed by atoms with van der Waals surface area (Å²) < 4.78 is 6.99. The van der Waals surface area contributed by atoms with Crippen LogP contribution in [0.2, 0.25) is 0 Å². The quantitative estimate of drug-likeness (QED) is 0.483. The molecule has 1 aliphatic heterocycles. The Labute approximate surface area is 109 Å². The van der Waals surface area contributed by atoms with Gasteiger partial charge >= 0.3 is 0 Å². The molecule has 0 saturated carbocycles. The third-order valence-corrected chi connectivity index (χ3v) is 3.35. The van der Waals surface area contributed by atoms with E-state index in [0.717, 1.165) is 0 Å². The van der Waals surface area contributed by atoms with Gasteiger partial charge in [-0.1, -0.05) is 0 Å². The van der Waals surface area contributed by atoms with Crippen LogP contribution in [-0.4, -0.2) is 40.3 Å². The Balaban J connectivity index is 2.27. The number of halogens is 1. The molecule has 4 atom stereocenters. The number of amides is 1. The number of aliphatic hydroxyl groups is 2. The first kappa shape index (κ1) is 13.2. The third kappa shape index (κ3) is 2.32. The molecule has 0 radical (unpaired) electrons. The number of alkyl halides is 1. The highest BCUT2D eigenvalue weighted by Gasteiger charge is 2.47. The minimum absolute atomic E-state index is 0.312. The van der Waals surface area contributed by atoms with Crippen LogP contribution in [0.3, 0.4) is 0 Å². The van der Waals surface area contributed by atoms with Gasteiger partial charge in [-0.05, 0) is 6.07 Å². The maximum atomic E-state index is 11.1. The molecule has 98 valence electrons. The Morgan fingerprint density at radius 2 is 2.33 bits per heavy atom. The van der Waals surface area contributed by atoms with Gasteiger partial charge in [0.15, 0.2) is 17.8 Å². The van der Waals surface area contributed by atoms with Crippen molar-refractivity contribution in [2.75, 3.05) is 6.61 Å². The van der Waals surface area contributed by atoms with E-state index in [4.69, 9.17) is 27.2 Å². The van der Waals surface area contributed by atoms with Gasteiger partial charge in [0.25, 0.3) is 12.1 Å². The number of pyridine rings is 1. The summed E-state index contributed by atoms with van der Waals surface area (Å²) in [5.41, 5.74) is 5.49. The molecular formula is C11H14ClN2O4+. The Morgan fingerprint density at radius 1 is 1.61 bits per heavy atom. The molecular weight excluding hydrogens is 260 g/mol. The smallest absolute Gasteiger partial charge is 0.282 e. The van der Waals surface area contributed by atoms with Crippen LogP contribution in [-0.2, 0) is 4.74 Å². The lowest BCUT2D eigenvalue weighted by Crippen LogP contribution is -2.44. The number of nitrogens with zero attached hydrogens (tertiary/aromatic N) is 1. The van der Waals surface area contributed by atoms with Gasteiger partial charge in [-0.15, -0.1) is 11.6 Å². The summed E-state index contributed by atoms with van der Waals surface area (Å²) in [6, 6.07) is 3.20. The van der Waals surface area contributed by atoms with Crippen molar-refractivity contribution in [3.05, 3.63) is 30.1 Å². The number of carbonyl (C=O) groups excluding carboxylic acids is 1. The van der Waals surface area contributed by atoms with Crippen molar-refractivity contribution in [3.8, 4) is 0 Å². The number of hydrogen-bond acceptors (Lipinski definition) is 4. The van der Waals surface area contributed by atoms with Gasteiger partial charge in [-0.25, -0.2) is 0 Å². The molecule has 1 aromatic rings. The van der Waals surface area contributed by atoms with E-state index in [9.17, 15) is 9.90 Å². The second kappa shape index (κ2) is 5.19. The molecule has 1 aromatic heterocycles. The van der Waals surface area contributed by atoms with Crippen LogP contribution >= 0.6 is 11.6 Å². The van der Waals surface area contributed by atoms with E-state index >= 15 is 0 Å². The summed E-state index contributed by atoms with van der Waals surface area (Å²) in [5.74, 6) is -0.562. The van der Waals surface area contributed by atoms with Gasteiger partial charge in [-0.3, -0.25) is 4.79 Å². The minimum atomic E-state index is -0.966. The molecule has 0 spiro atoms. The molecule has 0 aliphatic carbocycles. The maximum Gasteiger partial charge on any atom is 0.282 e. The number of aromatic nitrogens is 1. The molecule has 1 aliphatic rings. The van der Waals surface area contributed by atoms with E-state index in [-0.39, 0.29) is 6.61 Å². The number of rotatable bonds is 3. The van der Waals surface area contributed by atoms with Crippen molar-refractivity contribution < 1.29 is 24.3 Å². The van der Waals surface area contributed by atoms with E-state index in [1.165, 1.54) is 6.20 Å². The third-order valence-electron chi connectivity index (χ3n) is 2.87. The fourth-order valence-electron chi connectivity index (χ4n) is 1.89. The first-order chi connectivity index (χ1) is 8.54. The highest BCUT2D eigenvalue weighted by Crippen LogP contribution is 2.29. The van der Waals surface area contributed by atoms with E-state index in [1.54, 1.807) is 22.9 Å². The number of aliphatic hydroxyl groups excluding tert-OH is 2. The van der Waals surface area contributed by atoms with Crippen LogP contribution in [0.1, 0.15) is 16.6 Å². The first-order valence-electron chi connectivity index (χ1n) is 5.43. The Morgan fingerprint density at radius 3 is 2.89 bits per heavy atom. The maximum absolute atomic E-state index is 11.1. The molecule has 4 N–H and O–H groups in total. The molecule has 7 heteroatoms. The van der Waals surface area contributed by atoms with Crippen molar-refractivity contribution >= 4 is 17.5 Å². The summed E-state index contributed by atoms with van der Waals surface area (Å²) in [6.07, 6.45) is 0.792. The largest absolute Gasteiger partial charge is 0.394 e. The summed E-state index contributed by atoms with van der Waals surface area (Å²) in [6.45, 7) is -0.322. The Kier molecular flexibility index (Phi) is 3.82. The van der Waals surface area contributed by atoms with Crippen LogP contribution in [0.5, 0.6) is 0 Å². The zero-order valence-corrected chi connectivity index (χ0v) is 10.2. The standard InChI is InChI=1S/C11H13ClN2O4/c12-8-9(16)7(5-15)18-11(8)14-3-1-2-6(4-14)10(13)17/h1-4,7-9,11,15-16H,5H2,(H-,13,17)/p+1/t7-,8?,9+,11-/m1/s1. The SMILES string of the molecule is NC(=O)c1ccc[n+]([C@@H]2O[C@H](CO)[C@H](O)C2Cl)c1. The van der Waals surface area contributed by atoms with E-state index in [2.05, 4.69) is 0 Å². The second-order valence-corrected chi connectivity index (χ2v) is 4.59. The van der Waals surface area contributed by atoms with Crippen molar-refractivity contribution in [2.24, 2.45) is 5.73 Å². The molecule has 0 bridgehead atoms. The number of primary amides is 1. The van der Waals surface area contributed by atoms with Crippen molar-refractivity contribution in [1.82, 2.24) is 0 Å². The van der Waals surface area contributed by atoms with Crippen LogP contribution < -0.4 is 10.3 Å². The molecule has 6 nitrogen and oxygen atoms in total. The Bertz CT molecular complexity index is 456. The van der Waals surface area contributed by atoms with Crippen molar-refractivity contribution in [1.29, 1.82) is 0 Å². The van der Waals surface area contributed by atoms with Crippen molar-refractivity contribution in [2.45, 2.75) is 23.8 Å². The van der Waals surface area contributed by atoms with Crippen LogP contribution in [0, 0.1) is 0 Å². The van der Waals surface area contributed by atoms with Gasteiger partial charge < -0.3 is 20.7 Å². The average molecular weight is 274 g/mol. The summed E-state index contributed by atoms with van der Waals surface area (Å²) in [4.78, 5) is 11.1. The van der Waals surface area contributed by atoms with Crippen molar-refractivity contribution in [3.63, 3.8) is 0 Å². The molecule has 1 fully saturated rings. The van der Waals surface area contributed by atoms with Gasteiger partial charge in [0.1, 0.15) is 17.8 Å². The van der Waals surface area contributed by atoms with Gasteiger partial charge in [0.2, 0.25) is 0 Å². The lowest BCUT2D eigenvalue weighted by molar-refractivity contribution is -0.758. The van der Waals surface area contributed by atoms with E-state index in [0.29, 0.717) is 5.56 Å². The zero-order chi connectivity index (χ0) is 13.3. The van der Waals surface area contributed by atoms with E-state index < -0.39 is 29.7 Å². The molecule has 0 aromatic carbocycles. The normalized spacial score (nSPS) is 31.5. The lowest BCUT2D eigenvalue weighted by atomic mass is 10.2. The molecule has 2 heterocycles. The number of ether oxygens (including phenoxy) is 1. The topological polar surface area (TPSA) is 96.7 Å². The monoisotopic (exact) mass is 273 g/mol.